The molecule has 0 spiro atoms. The molecule has 1 heterocycles. The van der Waals surface area contributed by atoms with E-state index in [1.165, 1.54) is 24.3 Å². The SMILES string of the molecule is Cc1ccc(NC(=O)c2cccc(C(=O)Nc3ccc(F)c(F)c3)n2)cc1C. The number of benzene rings is 2. The first kappa shape index (κ1) is 19.2. The molecular weight excluding hydrogens is 364 g/mol. The summed E-state index contributed by atoms with van der Waals surface area (Å²) in [4.78, 5) is 28.8. The molecule has 2 aromatic carbocycles. The molecule has 1 aromatic heterocycles. The summed E-state index contributed by atoms with van der Waals surface area (Å²) in [6.07, 6.45) is 0. The molecule has 3 rings (SSSR count). The maximum Gasteiger partial charge on any atom is 0.274 e. The number of hydrogen-bond acceptors (Lipinski definition) is 3. The van der Waals surface area contributed by atoms with Crippen LogP contribution in [-0.4, -0.2) is 16.8 Å². The van der Waals surface area contributed by atoms with Crippen LogP contribution in [0.2, 0.25) is 0 Å². The summed E-state index contributed by atoms with van der Waals surface area (Å²) in [7, 11) is 0. The van der Waals surface area contributed by atoms with Crippen molar-refractivity contribution in [2.24, 2.45) is 0 Å². The fourth-order valence-electron chi connectivity index (χ4n) is 2.47. The lowest BCUT2D eigenvalue weighted by Crippen LogP contribution is -2.18. The number of amides is 2. The number of carbonyl (C=O) groups is 2. The number of nitrogens with zero attached hydrogens (tertiary/aromatic N) is 1. The standard InChI is InChI=1S/C21H17F2N3O2/c1-12-6-7-14(10-13(12)2)24-20(27)18-4-3-5-19(26-18)21(28)25-15-8-9-16(22)17(23)11-15/h3-11H,1-2H3,(H,24,27)(H,25,28). The van der Waals surface area contributed by atoms with Crippen LogP contribution in [0.1, 0.15) is 32.1 Å². The number of halogens is 2. The number of anilines is 2. The number of nitrogens with one attached hydrogen (secondary N) is 2. The maximum atomic E-state index is 13.3. The zero-order valence-electron chi connectivity index (χ0n) is 15.2. The highest BCUT2D eigenvalue weighted by atomic mass is 19.2. The first-order valence-corrected chi connectivity index (χ1v) is 8.45. The van der Waals surface area contributed by atoms with Gasteiger partial charge >= 0.3 is 0 Å². The summed E-state index contributed by atoms with van der Waals surface area (Å²) in [6, 6.07) is 12.9. The van der Waals surface area contributed by atoms with E-state index in [-0.39, 0.29) is 17.1 Å². The predicted octanol–water partition coefficient (Wildman–Crippen LogP) is 4.48. The maximum absolute atomic E-state index is 13.3. The Morgan fingerprint density at radius 1 is 0.750 bits per heavy atom. The molecule has 0 fully saturated rings. The minimum Gasteiger partial charge on any atom is -0.321 e. The van der Waals surface area contributed by atoms with Gasteiger partial charge in [0.25, 0.3) is 11.8 Å². The highest BCUT2D eigenvalue weighted by molar-refractivity contribution is 6.06. The number of aromatic nitrogens is 1. The fraction of sp³-hybridized carbons (Fsp3) is 0.0952. The second-order valence-corrected chi connectivity index (χ2v) is 6.24. The Labute approximate surface area is 160 Å². The van der Waals surface area contributed by atoms with Crippen LogP contribution in [0.3, 0.4) is 0 Å². The van der Waals surface area contributed by atoms with E-state index >= 15 is 0 Å². The molecular formula is C21H17F2N3O2. The van der Waals surface area contributed by atoms with Crippen molar-refractivity contribution in [2.45, 2.75) is 13.8 Å². The lowest BCUT2D eigenvalue weighted by molar-refractivity contribution is 0.101. The summed E-state index contributed by atoms with van der Waals surface area (Å²) >= 11 is 0. The van der Waals surface area contributed by atoms with Gasteiger partial charge in [-0.3, -0.25) is 9.59 Å². The van der Waals surface area contributed by atoms with Crippen LogP contribution < -0.4 is 10.6 Å². The number of hydrogen-bond donors (Lipinski definition) is 2. The smallest absolute Gasteiger partial charge is 0.274 e. The molecule has 0 unspecified atom stereocenters. The first-order valence-electron chi connectivity index (χ1n) is 8.45. The van der Waals surface area contributed by atoms with Crippen molar-refractivity contribution in [1.29, 1.82) is 0 Å². The predicted molar refractivity (Wildman–Crippen MR) is 102 cm³/mol. The van der Waals surface area contributed by atoms with E-state index < -0.39 is 23.4 Å². The topological polar surface area (TPSA) is 71.1 Å². The molecule has 7 heteroatoms. The molecule has 0 aliphatic carbocycles. The molecule has 2 N–H and O–H groups in total. The highest BCUT2D eigenvalue weighted by Gasteiger charge is 2.14. The van der Waals surface area contributed by atoms with Crippen molar-refractivity contribution in [2.75, 3.05) is 10.6 Å². The highest BCUT2D eigenvalue weighted by Crippen LogP contribution is 2.16. The monoisotopic (exact) mass is 381 g/mol. The summed E-state index contributed by atoms with van der Waals surface area (Å²) < 4.78 is 26.2. The fourth-order valence-corrected chi connectivity index (χ4v) is 2.47. The average Bonchev–Trinajstić information content (AvgIpc) is 2.67. The Balaban J connectivity index is 1.75. The summed E-state index contributed by atoms with van der Waals surface area (Å²) in [6.45, 7) is 3.91. The molecule has 0 aliphatic heterocycles. The van der Waals surface area contributed by atoms with Gasteiger partial charge in [-0.1, -0.05) is 12.1 Å². The van der Waals surface area contributed by atoms with E-state index in [0.717, 1.165) is 23.3 Å². The summed E-state index contributed by atoms with van der Waals surface area (Å²) in [5, 5.41) is 5.15. The van der Waals surface area contributed by atoms with Crippen molar-refractivity contribution >= 4 is 23.2 Å². The van der Waals surface area contributed by atoms with Crippen molar-refractivity contribution in [3.8, 4) is 0 Å². The zero-order chi connectivity index (χ0) is 20.3. The quantitative estimate of drug-likeness (QED) is 0.700. The van der Waals surface area contributed by atoms with Crippen molar-refractivity contribution in [1.82, 2.24) is 4.98 Å². The van der Waals surface area contributed by atoms with Gasteiger partial charge in [0.2, 0.25) is 0 Å². The number of rotatable bonds is 4. The average molecular weight is 381 g/mol. The van der Waals surface area contributed by atoms with Crippen LogP contribution in [0, 0.1) is 25.5 Å². The van der Waals surface area contributed by atoms with Crippen molar-refractivity contribution in [3.05, 3.63) is 88.7 Å². The van der Waals surface area contributed by atoms with Gasteiger partial charge < -0.3 is 10.6 Å². The molecule has 28 heavy (non-hydrogen) atoms. The third-order valence-corrected chi connectivity index (χ3v) is 4.16. The van der Waals surface area contributed by atoms with E-state index in [2.05, 4.69) is 15.6 Å². The molecule has 0 atom stereocenters. The van der Waals surface area contributed by atoms with E-state index in [1.807, 2.05) is 26.0 Å². The van der Waals surface area contributed by atoms with Crippen LogP contribution in [0.5, 0.6) is 0 Å². The molecule has 0 aliphatic rings. The number of pyridine rings is 1. The molecule has 0 radical (unpaired) electrons. The molecule has 5 nitrogen and oxygen atoms in total. The summed E-state index contributed by atoms with van der Waals surface area (Å²) in [5.74, 6) is -3.20. The minimum atomic E-state index is -1.08. The van der Waals surface area contributed by atoms with E-state index in [0.29, 0.717) is 5.69 Å². The molecule has 0 saturated carbocycles. The van der Waals surface area contributed by atoms with Crippen LogP contribution in [0.25, 0.3) is 0 Å². The molecule has 2 amide bonds. The molecule has 0 saturated heterocycles. The van der Waals surface area contributed by atoms with Gasteiger partial charge in [0, 0.05) is 17.4 Å². The van der Waals surface area contributed by atoms with Gasteiger partial charge in [-0.15, -0.1) is 0 Å². The zero-order valence-corrected chi connectivity index (χ0v) is 15.2. The molecule has 0 bridgehead atoms. The van der Waals surface area contributed by atoms with E-state index in [9.17, 15) is 18.4 Å². The van der Waals surface area contributed by atoms with Crippen LogP contribution >= 0.6 is 0 Å². The summed E-state index contributed by atoms with van der Waals surface area (Å²) in [5.41, 5.74) is 2.85. The van der Waals surface area contributed by atoms with Crippen molar-refractivity contribution in [3.63, 3.8) is 0 Å². The van der Waals surface area contributed by atoms with Gasteiger partial charge in [-0.2, -0.15) is 0 Å². The first-order chi connectivity index (χ1) is 13.3. The van der Waals surface area contributed by atoms with Crippen LogP contribution in [0.15, 0.2) is 54.6 Å². The van der Waals surface area contributed by atoms with Gasteiger partial charge in [0.15, 0.2) is 11.6 Å². The Kier molecular flexibility index (Phi) is 5.44. The Hall–Kier alpha value is -3.61. The van der Waals surface area contributed by atoms with Gasteiger partial charge in [0.1, 0.15) is 11.4 Å². The second-order valence-electron chi connectivity index (χ2n) is 6.24. The normalized spacial score (nSPS) is 10.4. The Morgan fingerprint density at radius 2 is 1.32 bits per heavy atom. The number of aryl methyl sites for hydroxylation is 2. The van der Waals surface area contributed by atoms with Crippen LogP contribution in [0.4, 0.5) is 20.2 Å². The minimum absolute atomic E-state index is 0.0301. The van der Waals surface area contributed by atoms with Gasteiger partial charge in [-0.05, 0) is 61.4 Å². The lowest BCUT2D eigenvalue weighted by Gasteiger charge is -2.09. The van der Waals surface area contributed by atoms with Gasteiger partial charge in [-0.25, -0.2) is 13.8 Å². The second kappa shape index (κ2) is 7.96. The third-order valence-electron chi connectivity index (χ3n) is 4.16. The largest absolute Gasteiger partial charge is 0.321 e. The molecule has 3 aromatic rings. The lowest BCUT2D eigenvalue weighted by atomic mass is 10.1. The van der Waals surface area contributed by atoms with Gasteiger partial charge in [0.05, 0.1) is 0 Å². The number of carbonyl (C=O) groups excluding carboxylic acids is 2. The van der Waals surface area contributed by atoms with Crippen molar-refractivity contribution < 1.29 is 18.4 Å². The molecule has 142 valence electrons. The van der Waals surface area contributed by atoms with E-state index in [1.54, 1.807) is 6.07 Å². The Bertz CT molecular complexity index is 987. The van der Waals surface area contributed by atoms with E-state index in [4.69, 9.17) is 0 Å². The Morgan fingerprint density at radius 3 is 1.89 bits per heavy atom. The van der Waals surface area contributed by atoms with Crippen LogP contribution in [-0.2, 0) is 0 Å². The third kappa shape index (κ3) is 4.37.